The number of hydrogen-bond donors (Lipinski definition) is 1. The van der Waals surface area contributed by atoms with Crippen LogP contribution in [0.5, 0.6) is 0 Å². The molecule has 5 nitrogen and oxygen atoms in total. The molecule has 0 bridgehead atoms. The summed E-state index contributed by atoms with van der Waals surface area (Å²) in [7, 11) is 0. The Morgan fingerprint density at radius 1 is 1.08 bits per heavy atom. The van der Waals surface area contributed by atoms with E-state index in [1.165, 1.54) is 4.90 Å². The highest BCUT2D eigenvalue weighted by Gasteiger charge is 2.28. The average Bonchev–Trinajstić information content (AvgIpc) is 2.91. The molecule has 0 atom stereocenters. The summed E-state index contributed by atoms with van der Waals surface area (Å²) in [5.41, 5.74) is 2.76. The van der Waals surface area contributed by atoms with Gasteiger partial charge in [0.25, 0.3) is 5.91 Å². The maximum absolute atomic E-state index is 12.4. The van der Waals surface area contributed by atoms with Crippen LogP contribution in [0.2, 0.25) is 5.02 Å². The molecule has 1 fully saturated rings. The molecule has 0 unspecified atom stereocenters. The highest BCUT2D eigenvalue weighted by atomic mass is 35.5. The van der Waals surface area contributed by atoms with Crippen LogP contribution < -0.4 is 5.32 Å². The fraction of sp³-hybridized carbons (Fsp3) is 0.211. The van der Waals surface area contributed by atoms with Crippen LogP contribution in [0.1, 0.15) is 34.3 Å². The molecule has 3 amide bonds. The lowest BCUT2D eigenvalue weighted by atomic mass is 10.1. The van der Waals surface area contributed by atoms with Gasteiger partial charge < -0.3 is 5.32 Å². The molecule has 0 saturated carbocycles. The first-order valence-corrected chi connectivity index (χ1v) is 8.32. The molecule has 1 heterocycles. The van der Waals surface area contributed by atoms with E-state index in [1.54, 1.807) is 42.5 Å². The van der Waals surface area contributed by atoms with Gasteiger partial charge in [-0.3, -0.25) is 19.3 Å². The van der Waals surface area contributed by atoms with E-state index in [1.807, 2.05) is 6.92 Å². The van der Waals surface area contributed by atoms with Gasteiger partial charge >= 0.3 is 0 Å². The number of likely N-dealkylation sites (tertiary alicyclic amines) is 1. The Kier molecular flexibility index (Phi) is 4.86. The maximum atomic E-state index is 12.4. The molecule has 1 saturated heterocycles. The molecule has 2 aromatic rings. The van der Waals surface area contributed by atoms with Gasteiger partial charge in [-0.2, -0.15) is 0 Å². The quantitative estimate of drug-likeness (QED) is 0.852. The topological polar surface area (TPSA) is 66.5 Å². The van der Waals surface area contributed by atoms with Gasteiger partial charge in [0.15, 0.2) is 0 Å². The summed E-state index contributed by atoms with van der Waals surface area (Å²) in [6, 6.07) is 12.2. The predicted octanol–water partition coefficient (Wildman–Crippen LogP) is 3.55. The first-order valence-electron chi connectivity index (χ1n) is 7.94. The van der Waals surface area contributed by atoms with Crippen LogP contribution in [0, 0.1) is 6.92 Å². The molecular formula is C19H17ClN2O3. The normalized spacial score (nSPS) is 14.1. The minimum Gasteiger partial charge on any atom is -0.322 e. The van der Waals surface area contributed by atoms with Gasteiger partial charge in [-0.1, -0.05) is 29.8 Å². The minimum atomic E-state index is -0.245. The fourth-order valence-electron chi connectivity index (χ4n) is 2.68. The summed E-state index contributed by atoms with van der Waals surface area (Å²) < 4.78 is 0. The number of rotatable bonds is 4. The molecule has 3 rings (SSSR count). The van der Waals surface area contributed by atoms with Gasteiger partial charge in [-0.05, 0) is 42.3 Å². The number of carbonyl (C=O) groups is 3. The Morgan fingerprint density at radius 2 is 1.72 bits per heavy atom. The second-order valence-electron chi connectivity index (χ2n) is 5.94. The Bertz CT molecular complexity index is 830. The van der Waals surface area contributed by atoms with E-state index >= 15 is 0 Å². The monoisotopic (exact) mass is 356 g/mol. The zero-order valence-corrected chi connectivity index (χ0v) is 14.5. The molecule has 1 aliphatic rings. The van der Waals surface area contributed by atoms with Gasteiger partial charge in [-0.15, -0.1) is 0 Å². The smallest absolute Gasteiger partial charge is 0.255 e. The van der Waals surface area contributed by atoms with Crippen molar-refractivity contribution < 1.29 is 14.4 Å². The van der Waals surface area contributed by atoms with Crippen molar-refractivity contribution in [1.82, 2.24) is 4.90 Å². The standard InChI is InChI=1S/C19H17ClN2O3/c1-12-15(20)3-2-4-16(12)21-19(25)14-7-5-13(6-8-14)11-22-17(23)9-10-18(22)24/h2-8H,9-11H2,1H3,(H,21,25). The van der Waals surface area contributed by atoms with E-state index in [0.29, 0.717) is 16.3 Å². The van der Waals surface area contributed by atoms with Crippen molar-refractivity contribution in [3.05, 3.63) is 64.2 Å². The zero-order valence-electron chi connectivity index (χ0n) is 13.7. The zero-order chi connectivity index (χ0) is 18.0. The van der Waals surface area contributed by atoms with Crippen LogP contribution >= 0.6 is 11.6 Å². The van der Waals surface area contributed by atoms with E-state index in [2.05, 4.69) is 5.32 Å². The van der Waals surface area contributed by atoms with Gasteiger partial charge in [0.05, 0.1) is 6.54 Å². The van der Waals surface area contributed by atoms with E-state index in [-0.39, 0.29) is 37.1 Å². The van der Waals surface area contributed by atoms with Crippen molar-refractivity contribution in [3.63, 3.8) is 0 Å². The first kappa shape index (κ1) is 17.2. The van der Waals surface area contributed by atoms with Crippen LogP contribution in [0.3, 0.4) is 0 Å². The maximum Gasteiger partial charge on any atom is 0.255 e. The molecule has 0 spiro atoms. The summed E-state index contributed by atoms with van der Waals surface area (Å²) in [6.07, 6.45) is 0.552. The fourth-order valence-corrected chi connectivity index (χ4v) is 2.86. The average molecular weight is 357 g/mol. The Balaban J connectivity index is 1.69. The third kappa shape index (κ3) is 3.72. The van der Waals surface area contributed by atoms with Gasteiger partial charge in [-0.25, -0.2) is 0 Å². The summed E-state index contributed by atoms with van der Waals surface area (Å²) in [6.45, 7) is 2.08. The summed E-state index contributed by atoms with van der Waals surface area (Å²) in [5, 5.41) is 3.42. The second-order valence-corrected chi connectivity index (χ2v) is 6.34. The van der Waals surface area contributed by atoms with Crippen molar-refractivity contribution >= 4 is 35.0 Å². The van der Waals surface area contributed by atoms with Crippen molar-refractivity contribution in [2.75, 3.05) is 5.32 Å². The Labute approximate surface area is 150 Å². The number of anilines is 1. The van der Waals surface area contributed by atoms with Crippen LogP contribution in [-0.2, 0) is 16.1 Å². The van der Waals surface area contributed by atoms with E-state index in [9.17, 15) is 14.4 Å². The van der Waals surface area contributed by atoms with Crippen molar-refractivity contribution in [3.8, 4) is 0 Å². The number of halogens is 1. The molecule has 6 heteroatoms. The number of benzene rings is 2. The highest BCUT2D eigenvalue weighted by Crippen LogP contribution is 2.23. The number of imide groups is 1. The van der Waals surface area contributed by atoms with E-state index in [0.717, 1.165) is 11.1 Å². The van der Waals surface area contributed by atoms with Gasteiger partial charge in [0.1, 0.15) is 0 Å². The van der Waals surface area contributed by atoms with Gasteiger partial charge in [0, 0.05) is 29.1 Å². The van der Waals surface area contributed by atoms with Crippen LogP contribution in [0.4, 0.5) is 5.69 Å². The minimum absolute atomic E-state index is 0.150. The predicted molar refractivity (Wildman–Crippen MR) is 95.4 cm³/mol. The number of nitrogens with one attached hydrogen (secondary N) is 1. The molecular weight excluding hydrogens is 340 g/mol. The number of hydrogen-bond acceptors (Lipinski definition) is 3. The summed E-state index contributed by atoms with van der Waals surface area (Å²) in [5.74, 6) is -0.545. The summed E-state index contributed by atoms with van der Waals surface area (Å²) in [4.78, 5) is 36.9. The highest BCUT2D eigenvalue weighted by molar-refractivity contribution is 6.31. The largest absolute Gasteiger partial charge is 0.322 e. The van der Waals surface area contributed by atoms with Crippen molar-refractivity contribution in [1.29, 1.82) is 0 Å². The van der Waals surface area contributed by atoms with Gasteiger partial charge in [0.2, 0.25) is 11.8 Å². The molecule has 0 aromatic heterocycles. The number of amides is 3. The lowest BCUT2D eigenvalue weighted by Crippen LogP contribution is -2.28. The summed E-state index contributed by atoms with van der Waals surface area (Å²) >= 11 is 6.06. The molecule has 1 N–H and O–H groups in total. The molecule has 2 aromatic carbocycles. The van der Waals surface area contributed by atoms with Crippen molar-refractivity contribution in [2.45, 2.75) is 26.3 Å². The SMILES string of the molecule is Cc1c(Cl)cccc1NC(=O)c1ccc(CN2C(=O)CCC2=O)cc1. The number of nitrogens with zero attached hydrogens (tertiary/aromatic N) is 1. The third-order valence-electron chi connectivity index (χ3n) is 4.23. The second kappa shape index (κ2) is 7.07. The Morgan fingerprint density at radius 3 is 2.36 bits per heavy atom. The molecule has 0 radical (unpaired) electrons. The lowest BCUT2D eigenvalue weighted by Gasteiger charge is -2.14. The van der Waals surface area contributed by atoms with Crippen LogP contribution in [-0.4, -0.2) is 22.6 Å². The molecule has 1 aliphatic heterocycles. The first-order chi connectivity index (χ1) is 12.0. The number of carbonyl (C=O) groups excluding carboxylic acids is 3. The van der Waals surface area contributed by atoms with Crippen molar-refractivity contribution in [2.24, 2.45) is 0 Å². The molecule has 128 valence electrons. The van der Waals surface area contributed by atoms with Crippen LogP contribution in [0.25, 0.3) is 0 Å². The van der Waals surface area contributed by atoms with E-state index in [4.69, 9.17) is 11.6 Å². The molecule has 25 heavy (non-hydrogen) atoms. The molecule has 0 aliphatic carbocycles. The lowest BCUT2D eigenvalue weighted by molar-refractivity contribution is -0.139. The van der Waals surface area contributed by atoms with Crippen LogP contribution in [0.15, 0.2) is 42.5 Å². The Hall–Kier alpha value is -2.66. The third-order valence-corrected chi connectivity index (χ3v) is 4.64. The van der Waals surface area contributed by atoms with E-state index < -0.39 is 0 Å².